The molecule has 1 fully saturated rings. The zero-order valence-corrected chi connectivity index (χ0v) is 16.4. The summed E-state index contributed by atoms with van der Waals surface area (Å²) in [4.78, 5) is 24.5. The maximum atomic E-state index is 12.9. The van der Waals surface area contributed by atoms with Crippen LogP contribution in [0.1, 0.15) is 42.5 Å². The third kappa shape index (κ3) is 5.94. The van der Waals surface area contributed by atoms with E-state index in [1.807, 2.05) is 0 Å². The second-order valence-corrected chi connectivity index (χ2v) is 7.02. The van der Waals surface area contributed by atoms with Crippen molar-refractivity contribution in [2.45, 2.75) is 38.1 Å². The Labute approximate surface area is 169 Å². The van der Waals surface area contributed by atoms with Gasteiger partial charge in [-0.05, 0) is 55.3 Å². The average Bonchev–Trinajstić information content (AvgIpc) is 2.74. The Balaban J connectivity index is 1.57. The van der Waals surface area contributed by atoms with Crippen LogP contribution < -0.4 is 20.1 Å². The maximum Gasteiger partial charge on any atom is 0.262 e. The van der Waals surface area contributed by atoms with Gasteiger partial charge in [-0.2, -0.15) is 0 Å². The second kappa shape index (κ2) is 9.91. The number of benzene rings is 2. The molecule has 0 spiro atoms. The highest BCUT2D eigenvalue weighted by Crippen LogP contribution is 2.28. The van der Waals surface area contributed by atoms with Crippen LogP contribution in [0.25, 0.3) is 0 Å². The molecule has 0 saturated heterocycles. The molecule has 0 aromatic heterocycles. The summed E-state index contributed by atoms with van der Waals surface area (Å²) in [6.07, 6.45) is 5.52. The molecule has 3 rings (SSSR count). The van der Waals surface area contributed by atoms with Gasteiger partial charge in [0.15, 0.2) is 18.1 Å². The number of nitrogens with one attached hydrogen (secondary N) is 2. The predicted molar refractivity (Wildman–Crippen MR) is 108 cm³/mol. The Bertz CT molecular complexity index is 848. The van der Waals surface area contributed by atoms with Gasteiger partial charge in [0.05, 0.1) is 7.11 Å². The lowest BCUT2D eigenvalue weighted by molar-refractivity contribution is -0.118. The van der Waals surface area contributed by atoms with Crippen molar-refractivity contribution in [2.75, 3.05) is 19.0 Å². The van der Waals surface area contributed by atoms with E-state index < -0.39 is 5.91 Å². The fourth-order valence-electron chi connectivity index (χ4n) is 3.32. The minimum atomic E-state index is -0.391. The van der Waals surface area contributed by atoms with Crippen molar-refractivity contribution in [3.8, 4) is 11.5 Å². The van der Waals surface area contributed by atoms with E-state index >= 15 is 0 Å². The summed E-state index contributed by atoms with van der Waals surface area (Å²) in [6.45, 7) is -0.249. The highest BCUT2D eigenvalue weighted by atomic mass is 19.1. The molecule has 7 heteroatoms. The van der Waals surface area contributed by atoms with E-state index in [0.29, 0.717) is 22.7 Å². The summed E-state index contributed by atoms with van der Waals surface area (Å²) in [5, 5.41) is 5.68. The van der Waals surface area contributed by atoms with Crippen LogP contribution in [0.2, 0.25) is 0 Å². The molecule has 0 radical (unpaired) electrons. The van der Waals surface area contributed by atoms with Gasteiger partial charge in [-0.25, -0.2) is 4.39 Å². The number of halogens is 1. The lowest BCUT2D eigenvalue weighted by Crippen LogP contribution is -2.36. The van der Waals surface area contributed by atoms with Gasteiger partial charge in [0.2, 0.25) is 0 Å². The minimum absolute atomic E-state index is 0.143. The third-order valence-corrected chi connectivity index (χ3v) is 4.85. The van der Waals surface area contributed by atoms with E-state index in [2.05, 4.69) is 10.6 Å². The van der Waals surface area contributed by atoms with Gasteiger partial charge in [-0.15, -0.1) is 0 Å². The maximum absolute atomic E-state index is 12.9. The van der Waals surface area contributed by atoms with Gasteiger partial charge < -0.3 is 20.1 Å². The van der Waals surface area contributed by atoms with Crippen LogP contribution in [0.5, 0.6) is 11.5 Å². The molecule has 0 bridgehead atoms. The SMILES string of the molecule is COc1cc(C(=O)NC2CCCCC2)ccc1OCC(=O)Nc1ccc(F)cc1. The number of carbonyl (C=O) groups excluding carboxylic acids is 2. The van der Waals surface area contributed by atoms with Crippen LogP contribution >= 0.6 is 0 Å². The molecule has 154 valence electrons. The Kier molecular flexibility index (Phi) is 7.05. The van der Waals surface area contributed by atoms with Gasteiger partial charge in [-0.1, -0.05) is 19.3 Å². The zero-order valence-electron chi connectivity index (χ0n) is 16.4. The molecular formula is C22H25FN2O4. The summed E-state index contributed by atoms with van der Waals surface area (Å²) in [6, 6.07) is 10.5. The summed E-state index contributed by atoms with van der Waals surface area (Å²) >= 11 is 0. The molecule has 0 atom stereocenters. The summed E-state index contributed by atoms with van der Waals surface area (Å²) in [7, 11) is 1.48. The molecule has 1 aliphatic carbocycles. The Hall–Kier alpha value is -3.09. The molecular weight excluding hydrogens is 375 g/mol. The highest BCUT2D eigenvalue weighted by molar-refractivity contribution is 5.95. The summed E-state index contributed by atoms with van der Waals surface area (Å²) < 4.78 is 23.8. The molecule has 6 nitrogen and oxygen atoms in total. The van der Waals surface area contributed by atoms with Crippen molar-refractivity contribution in [2.24, 2.45) is 0 Å². The predicted octanol–water partition coefficient (Wildman–Crippen LogP) is 3.91. The lowest BCUT2D eigenvalue weighted by Gasteiger charge is -2.23. The molecule has 29 heavy (non-hydrogen) atoms. The van der Waals surface area contributed by atoms with Gasteiger partial charge in [0, 0.05) is 17.3 Å². The van der Waals surface area contributed by atoms with Crippen molar-refractivity contribution in [3.05, 3.63) is 53.8 Å². The molecule has 2 aromatic carbocycles. The average molecular weight is 400 g/mol. The van der Waals surface area contributed by atoms with Gasteiger partial charge in [0.25, 0.3) is 11.8 Å². The number of hydrogen-bond donors (Lipinski definition) is 2. The molecule has 0 unspecified atom stereocenters. The molecule has 0 aliphatic heterocycles. The Morgan fingerprint density at radius 2 is 1.76 bits per heavy atom. The van der Waals surface area contributed by atoms with E-state index in [-0.39, 0.29) is 24.4 Å². The zero-order chi connectivity index (χ0) is 20.6. The summed E-state index contributed by atoms with van der Waals surface area (Å²) in [5.74, 6) is -0.183. The van der Waals surface area contributed by atoms with E-state index in [1.54, 1.807) is 18.2 Å². The highest BCUT2D eigenvalue weighted by Gasteiger charge is 2.18. The van der Waals surface area contributed by atoms with Crippen LogP contribution in [0.4, 0.5) is 10.1 Å². The quantitative estimate of drug-likeness (QED) is 0.739. The number of carbonyl (C=O) groups is 2. The fraction of sp³-hybridized carbons (Fsp3) is 0.364. The van der Waals surface area contributed by atoms with Crippen molar-refractivity contribution >= 4 is 17.5 Å². The van der Waals surface area contributed by atoms with Crippen molar-refractivity contribution in [1.82, 2.24) is 5.32 Å². The molecule has 2 amide bonds. The Morgan fingerprint density at radius 1 is 1.03 bits per heavy atom. The van der Waals surface area contributed by atoms with Crippen LogP contribution in [0.15, 0.2) is 42.5 Å². The number of rotatable bonds is 7. The third-order valence-electron chi connectivity index (χ3n) is 4.85. The molecule has 2 aromatic rings. The fourth-order valence-corrected chi connectivity index (χ4v) is 3.32. The standard InChI is InChI=1S/C22H25FN2O4/c1-28-20-13-15(22(27)25-17-5-3-2-4-6-17)7-12-19(20)29-14-21(26)24-18-10-8-16(23)9-11-18/h7-13,17H,2-6,14H2,1H3,(H,24,26)(H,25,27). The number of hydrogen-bond acceptors (Lipinski definition) is 4. The number of methoxy groups -OCH3 is 1. The van der Waals surface area contributed by atoms with E-state index in [4.69, 9.17) is 9.47 Å². The molecule has 2 N–H and O–H groups in total. The van der Waals surface area contributed by atoms with Crippen molar-refractivity contribution in [1.29, 1.82) is 0 Å². The van der Waals surface area contributed by atoms with Crippen molar-refractivity contribution < 1.29 is 23.5 Å². The topological polar surface area (TPSA) is 76.7 Å². The van der Waals surface area contributed by atoms with Crippen LogP contribution in [-0.4, -0.2) is 31.6 Å². The van der Waals surface area contributed by atoms with Crippen LogP contribution in [-0.2, 0) is 4.79 Å². The first-order chi connectivity index (χ1) is 14.0. The van der Waals surface area contributed by atoms with E-state index in [1.165, 1.54) is 37.8 Å². The normalized spacial score (nSPS) is 14.1. The van der Waals surface area contributed by atoms with Crippen LogP contribution in [0, 0.1) is 5.82 Å². The van der Waals surface area contributed by atoms with E-state index in [9.17, 15) is 14.0 Å². The molecule has 1 aliphatic rings. The largest absolute Gasteiger partial charge is 0.493 e. The smallest absolute Gasteiger partial charge is 0.262 e. The monoisotopic (exact) mass is 400 g/mol. The summed E-state index contributed by atoms with van der Waals surface area (Å²) in [5.41, 5.74) is 0.956. The Morgan fingerprint density at radius 3 is 2.45 bits per heavy atom. The van der Waals surface area contributed by atoms with Gasteiger partial charge in [0.1, 0.15) is 5.82 Å². The first kappa shape index (κ1) is 20.6. The van der Waals surface area contributed by atoms with Crippen molar-refractivity contribution in [3.63, 3.8) is 0 Å². The first-order valence-electron chi connectivity index (χ1n) is 9.72. The van der Waals surface area contributed by atoms with Crippen LogP contribution in [0.3, 0.4) is 0 Å². The minimum Gasteiger partial charge on any atom is -0.493 e. The lowest BCUT2D eigenvalue weighted by atomic mass is 9.95. The number of amides is 2. The molecule has 1 saturated carbocycles. The van der Waals surface area contributed by atoms with Gasteiger partial charge >= 0.3 is 0 Å². The molecule has 0 heterocycles. The van der Waals surface area contributed by atoms with E-state index in [0.717, 1.165) is 25.7 Å². The second-order valence-electron chi connectivity index (χ2n) is 7.02. The van der Waals surface area contributed by atoms with Gasteiger partial charge in [-0.3, -0.25) is 9.59 Å². The number of anilines is 1. The first-order valence-corrected chi connectivity index (χ1v) is 9.72. The number of ether oxygens (including phenoxy) is 2.